The lowest BCUT2D eigenvalue weighted by atomic mass is 9.98. The van der Waals surface area contributed by atoms with Crippen LogP contribution in [0.1, 0.15) is 29.4 Å². The van der Waals surface area contributed by atoms with Gasteiger partial charge in [0.05, 0.1) is 0 Å². The Kier molecular flexibility index (Phi) is 3.91. The van der Waals surface area contributed by atoms with Crippen molar-refractivity contribution in [3.05, 3.63) is 64.9 Å². The summed E-state index contributed by atoms with van der Waals surface area (Å²) >= 11 is 0. The van der Waals surface area contributed by atoms with Crippen LogP contribution in [0.15, 0.2) is 46.9 Å². The van der Waals surface area contributed by atoms with Gasteiger partial charge in [0.2, 0.25) is 0 Å². The first-order valence-corrected chi connectivity index (χ1v) is 7.75. The number of fused-ring (bicyclic) bond motifs is 1. The van der Waals surface area contributed by atoms with Gasteiger partial charge in [-0.25, -0.2) is 0 Å². The first kappa shape index (κ1) is 15.3. The fourth-order valence-electron chi connectivity index (χ4n) is 2.70. The molecule has 0 aliphatic heterocycles. The first-order valence-electron chi connectivity index (χ1n) is 7.75. The van der Waals surface area contributed by atoms with E-state index in [1.165, 1.54) is 16.7 Å². The van der Waals surface area contributed by atoms with Crippen LogP contribution >= 0.6 is 0 Å². The molecule has 2 aromatic carbocycles. The molecule has 3 rings (SSSR count). The van der Waals surface area contributed by atoms with Crippen LogP contribution in [0.3, 0.4) is 0 Å². The highest BCUT2D eigenvalue weighted by Gasteiger charge is 2.15. The molecule has 0 saturated heterocycles. The van der Waals surface area contributed by atoms with Crippen LogP contribution in [0.5, 0.6) is 0 Å². The van der Waals surface area contributed by atoms with Crippen LogP contribution in [0.2, 0.25) is 0 Å². The molecule has 0 saturated carbocycles. The Labute approximate surface area is 136 Å². The highest BCUT2D eigenvalue weighted by atomic mass is 16.3. The van der Waals surface area contributed by atoms with Gasteiger partial charge in [0.25, 0.3) is 0 Å². The number of benzene rings is 2. The Hall–Kier alpha value is -2.61. The van der Waals surface area contributed by atoms with Gasteiger partial charge in [-0.3, -0.25) is 4.79 Å². The van der Waals surface area contributed by atoms with Crippen molar-refractivity contribution in [1.82, 2.24) is 0 Å². The minimum atomic E-state index is 0.00710. The van der Waals surface area contributed by atoms with Gasteiger partial charge in [-0.15, -0.1) is 0 Å². The van der Waals surface area contributed by atoms with E-state index in [9.17, 15) is 4.79 Å². The number of carbonyl (C=O) groups is 1. The van der Waals surface area contributed by atoms with Crippen molar-refractivity contribution in [2.45, 2.75) is 27.7 Å². The van der Waals surface area contributed by atoms with Crippen molar-refractivity contribution in [3.8, 4) is 11.1 Å². The van der Waals surface area contributed by atoms with Gasteiger partial charge < -0.3 is 4.42 Å². The predicted octanol–water partition coefficient (Wildman–Crippen LogP) is 5.63. The second-order valence-electron chi connectivity index (χ2n) is 6.08. The number of ketones is 1. The number of rotatable bonds is 3. The molecule has 0 amide bonds. The van der Waals surface area contributed by atoms with Crippen LogP contribution in [0, 0.1) is 20.8 Å². The zero-order valence-corrected chi connectivity index (χ0v) is 13.9. The number of aryl methyl sites for hydroxylation is 3. The summed E-state index contributed by atoms with van der Waals surface area (Å²) in [6.45, 7) is 7.79. The molecule has 2 nitrogen and oxygen atoms in total. The van der Waals surface area contributed by atoms with Gasteiger partial charge >= 0.3 is 0 Å². The molecule has 23 heavy (non-hydrogen) atoms. The first-order chi connectivity index (χ1) is 11.0. The maximum Gasteiger partial charge on any atom is 0.152 e. The quantitative estimate of drug-likeness (QED) is 0.587. The minimum Gasteiger partial charge on any atom is -0.456 e. The summed E-state index contributed by atoms with van der Waals surface area (Å²) in [5.41, 5.74) is 6.64. The summed E-state index contributed by atoms with van der Waals surface area (Å²) in [5.74, 6) is 0.733. The highest BCUT2D eigenvalue weighted by Crippen LogP contribution is 2.37. The molecule has 1 heterocycles. The van der Waals surface area contributed by atoms with Crippen LogP contribution in [0.25, 0.3) is 28.2 Å². The zero-order chi connectivity index (χ0) is 16.6. The molecular weight excluding hydrogens is 284 g/mol. The predicted molar refractivity (Wildman–Crippen MR) is 95.6 cm³/mol. The third-order valence-corrected chi connectivity index (χ3v) is 4.14. The Morgan fingerprint density at radius 2 is 1.65 bits per heavy atom. The summed E-state index contributed by atoms with van der Waals surface area (Å²) in [4.78, 5) is 11.3. The van der Waals surface area contributed by atoms with Gasteiger partial charge in [0.1, 0.15) is 11.3 Å². The minimum absolute atomic E-state index is 0.00710. The average molecular weight is 304 g/mol. The van der Waals surface area contributed by atoms with Gasteiger partial charge in [-0.2, -0.15) is 0 Å². The largest absolute Gasteiger partial charge is 0.456 e. The topological polar surface area (TPSA) is 30.2 Å². The van der Waals surface area contributed by atoms with Crippen molar-refractivity contribution >= 4 is 22.8 Å². The van der Waals surface area contributed by atoms with E-state index in [1.807, 2.05) is 0 Å². The normalized spacial score (nSPS) is 11.5. The second-order valence-corrected chi connectivity index (χ2v) is 6.08. The molecule has 0 fully saturated rings. The van der Waals surface area contributed by atoms with Gasteiger partial charge in [0.15, 0.2) is 5.78 Å². The highest BCUT2D eigenvalue weighted by molar-refractivity contribution is 6.00. The van der Waals surface area contributed by atoms with E-state index >= 15 is 0 Å². The number of allylic oxidation sites excluding steroid dienone is 1. The molecule has 0 aliphatic carbocycles. The van der Waals surface area contributed by atoms with Crippen molar-refractivity contribution in [2.24, 2.45) is 0 Å². The molecule has 116 valence electrons. The lowest BCUT2D eigenvalue weighted by Crippen LogP contribution is -1.84. The second kappa shape index (κ2) is 5.88. The van der Waals surface area contributed by atoms with Crippen molar-refractivity contribution in [2.75, 3.05) is 0 Å². The SMILES string of the molecule is CC(=O)/C=C/c1oc2cc(C)c(C)cc2c1-c1ccc(C)cc1. The van der Waals surface area contributed by atoms with E-state index in [1.54, 1.807) is 19.1 Å². The van der Waals surface area contributed by atoms with Gasteiger partial charge in [-0.05, 0) is 68.7 Å². The monoisotopic (exact) mass is 304 g/mol. The Bertz CT molecular complexity index is 909. The average Bonchev–Trinajstić information content (AvgIpc) is 2.84. The van der Waals surface area contributed by atoms with Crippen molar-refractivity contribution < 1.29 is 9.21 Å². The molecule has 1 aromatic heterocycles. The summed E-state index contributed by atoms with van der Waals surface area (Å²) in [5, 5.41) is 1.08. The molecule has 0 N–H and O–H groups in total. The Morgan fingerprint density at radius 3 is 2.30 bits per heavy atom. The van der Waals surface area contributed by atoms with Gasteiger partial charge in [-0.1, -0.05) is 29.8 Å². The van der Waals surface area contributed by atoms with Crippen LogP contribution < -0.4 is 0 Å². The number of hydrogen-bond acceptors (Lipinski definition) is 2. The van der Waals surface area contributed by atoms with E-state index in [0.29, 0.717) is 0 Å². The van der Waals surface area contributed by atoms with E-state index in [-0.39, 0.29) is 5.78 Å². The van der Waals surface area contributed by atoms with Gasteiger partial charge in [0, 0.05) is 10.9 Å². The summed E-state index contributed by atoms with van der Waals surface area (Å²) in [6.07, 6.45) is 3.32. The number of carbonyl (C=O) groups excluding carboxylic acids is 1. The number of hydrogen-bond donors (Lipinski definition) is 0. The van der Waals surface area contributed by atoms with E-state index in [2.05, 4.69) is 57.2 Å². The maximum absolute atomic E-state index is 11.3. The van der Waals surface area contributed by atoms with E-state index in [0.717, 1.165) is 27.9 Å². The fraction of sp³-hybridized carbons (Fsp3) is 0.190. The lowest BCUT2D eigenvalue weighted by Gasteiger charge is -2.03. The smallest absolute Gasteiger partial charge is 0.152 e. The third-order valence-electron chi connectivity index (χ3n) is 4.14. The van der Waals surface area contributed by atoms with E-state index < -0.39 is 0 Å². The molecule has 0 atom stereocenters. The zero-order valence-electron chi connectivity index (χ0n) is 13.9. The molecule has 0 bridgehead atoms. The summed E-state index contributed by atoms with van der Waals surface area (Å²) in [6, 6.07) is 12.6. The molecule has 2 heteroatoms. The van der Waals surface area contributed by atoms with Crippen molar-refractivity contribution in [3.63, 3.8) is 0 Å². The molecular formula is C21H20O2. The fourth-order valence-corrected chi connectivity index (χ4v) is 2.70. The molecule has 3 aromatic rings. The van der Waals surface area contributed by atoms with Crippen LogP contribution in [-0.4, -0.2) is 5.78 Å². The lowest BCUT2D eigenvalue weighted by molar-refractivity contribution is -0.112. The van der Waals surface area contributed by atoms with Crippen molar-refractivity contribution in [1.29, 1.82) is 0 Å². The third kappa shape index (κ3) is 2.98. The molecule has 0 unspecified atom stereocenters. The summed E-state index contributed by atoms with van der Waals surface area (Å²) in [7, 11) is 0. The summed E-state index contributed by atoms with van der Waals surface area (Å²) < 4.78 is 6.03. The number of furan rings is 1. The van der Waals surface area contributed by atoms with Crippen LogP contribution in [0.4, 0.5) is 0 Å². The van der Waals surface area contributed by atoms with Crippen LogP contribution in [-0.2, 0) is 4.79 Å². The maximum atomic E-state index is 11.3. The van der Waals surface area contributed by atoms with E-state index in [4.69, 9.17) is 4.42 Å². The molecule has 0 spiro atoms. The molecule has 0 aliphatic rings. The Balaban J connectivity index is 2.30. The molecule has 0 radical (unpaired) electrons. The standard InChI is InChI=1S/C21H20O2/c1-13-5-8-17(9-6-13)21-18-11-14(2)15(3)12-20(18)23-19(21)10-7-16(4)22/h5-12H,1-4H3/b10-7+. The Morgan fingerprint density at radius 1 is 1.00 bits per heavy atom.